The number of anilines is 1. The quantitative estimate of drug-likeness (QED) is 0.247. The number of sulfone groups is 1. The average molecular weight is 490 g/mol. The molecule has 0 spiro atoms. The van der Waals surface area contributed by atoms with E-state index in [1.54, 1.807) is 24.3 Å². The van der Waals surface area contributed by atoms with Gasteiger partial charge < -0.3 is 16.0 Å². The van der Waals surface area contributed by atoms with Crippen LogP contribution in [0.2, 0.25) is 0 Å². The Morgan fingerprint density at radius 1 is 1.42 bits per heavy atom. The zero-order valence-corrected chi connectivity index (χ0v) is 17.6. The van der Waals surface area contributed by atoms with Gasteiger partial charge in [0, 0.05) is 23.8 Å². The number of rotatable bonds is 5. The maximum absolute atomic E-state index is 12.0. The number of guanidine groups is 1. The number of hydrogen-bond donors (Lipinski definition) is 3. The largest absolute Gasteiger partial charge is 0.357 e. The van der Waals surface area contributed by atoms with E-state index in [-0.39, 0.29) is 54.0 Å². The average Bonchev–Trinajstić information content (AvgIpc) is 2.91. The summed E-state index contributed by atoms with van der Waals surface area (Å²) in [6.45, 7) is 2.42. The molecule has 0 aliphatic carbocycles. The Kier molecular flexibility index (Phi) is 8.87. The fourth-order valence-electron chi connectivity index (χ4n) is 2.46. The zero-order chi connectivity index (χ0) is 18.3. The van der Waals surface area contributed by atoms with Crippen LogP contribution in [0, 0.1) is 12.3 Å². The van der Waals surface area contributed by atoms with E-state index >= 15 is 0 Å². The first kappa shape index (κ1) is 22.2. The van der Waals surface area contributed by atoms with Gasteiger partial charge in [-0.2, -0.15) is 0 Å². The van der Waals surface area contributed by atoms with Crippen LogP contribution in [0.25, 0.3) is 0 Å². The summed E-state index contributed by atoms with van der Waals surface area (Å²) < 4.78 is 23.0. The molecule has 1 fully saturated rings. The van der Waals surface area contributed by atoms with Crippen molar-refractivity contribution in [2.24, 2.45) is 4.99 Å². The summed E-state index contributed by atoms with van der Waals surface area (Å²) in [4.78, 5) is 16.3. The number of halogens is 1. The molecule has 1 heterocycles. The van der Waals surface area contributed by atoms with Crippen LogP contribution >= 0.6 is 24.0 Å². The number of amides is 1. The first-order chi connectivity index (χ1) is 11.9. The molecule has 0 bridgehead atoms. The number of benzene rings is 1. The summed E-state index contributed by atoms with van der Waals surface area (Å²) in [7, 11) is -2.98. The van der Waals surface area contributed by atoms with E-state index in [4.69, 9.17) is 6.42 Å². The lowest BCUT2D eigenvalue weighted by molar-refractivity contribution is -0.114. The van der Waals surface area contributed by atoms with Crippen molar-refractivity contribution in [2.75, 3.05) is 29.9 Å². The number of terminal acetylenes is 1. The molecule has 0 radical (unpaired) electrons. The van der Waals surface area contributed by atoms with Crippen molar-refractivity contribution in [3.05, 3.63) is 29.8 Å². The van der Waals surface area contributed by atoms with Gasteiger partial charge >= 0.3 is 0 Å². The zero-order valence-electron chi connectivity index (χ0n) is 14.5. The molecule has 1 aliphatic heterocycles. The summed E-state index contributed by atoms with van der Waals surface area (Å²) in [5, 5.41) is 8.80. The van der Waals surface area contributed by atoms with E-state index in [9.17, 15) is 13.2 Å². The standard InChI is InChI=1S/C17H22N4O3S.HI/c1-3-13-6-5-7-14(10-13)20-16(22)11-19-17(18-4-2)21-15-8-9-25(23,24)12-15;/h1,5-7,10,15H,4,8-9,11-12H2,2H3,(H,20,22)(H2,18,19,21);1H. The van der Waals surface area contributed by atoms with Gasteiger partial charge in [-0.3, -0.25) is 4.79 Å². The Hall–Kier alpha value is -1.80. The highest BCUT2D eigenvalue weighted by atomic mass is 127. The third-order valence-electron chi connectivity index (χ3n) is 3.61. The van der Waals surface area contributed by atoms with Crippen LogP contribution in [0.1, 0.15) is 18.9 Å². The molecule has 2 rings (SSSR count). The highest BCUT2D eigenvalue weighted by Gasteiger charge is 2.28. The molecule has 9 heteroatoms. The molecule has 1 aliphatic rings. The van der Waals surface area contributed by atoms with Crippen molar-refractivity contribution in [1.82, 2.24) is 10.6 Å². The highest BCUT2D eigenvalue weighted by Crippen LogP contribution is 2.11. The lowest BCUT2D eigenvalue weighted by atomic mass is 10.2. The minimum atomic E-state index is -2.98. The third-order valence-corrected chi connectivity index (χ3v) is 5.38. The fraction of sp³-hybridized carbons (Fsp3) is 0.412. The molecule has 1 aromatic carbocycles. The molecule has 142 valence electrons. The van der Waals surface area contributed by atoms with Crippen molar-refractivity contribution in [2.45, 2.75) is 19.4 Å². The van der Waals surface area contributed by atoms with Gasteiger partial charge in [0.05, 0.1) is 11.5 Å². The number of carbonyl (C=O) groups is 1. The summed E-state index contributed by atoms with van der Waals surface area (Å²) in [5.41, 5.74) is 1.29. The second-order valence-corrected chi connectivity index (χ2v) is 7.94. The first-order valence-corrected chi connectivity index (χ1v) is 9.86. The minimum Gasteiger partial charge on any atom is -0.357 e. The van der Waals surface area contributed by atoms with Crippen LogP contribution < -0.4 is 16.0 Å². The lowest BCUT2D eigenvalue weighted by Crippen LogP contribution is -2.44. The highest BCUT2D eigenvalue weighted by molar-refractivity contribution is 14.0. The van der Waals surface area contributed by atoms with E-state index in [0.29, 0.717) is 30.2 Å². The Bertz CT molecular complexity index is 802. The van der Waals surface area contributed by atoms with Gasteiger partial charge in [-0.15, -0.1) is 30.4 Å². The van der Waals surface area contributed by atoms with Crippen LogP contribution in [-0.2, 0) is 14.6 Å². The number of carbonyl (C=O) groups excluding carboxylic acids is 1. The number of nitrogens with zero attached hydrogens (tertiary/aromatic N) is 1. The summed E-state index contributed by atoms with van der Waals surface area (Å²) >= 11 is 0. The molecule has 1 amide bonds. The Labute approximate surface area is 171 Å². The first-order valence-electron chi connectivity index (χ1n) is 8.03. The van der Waals surface area contributed by atoms with Gasteiger partial charge in [0.15, 0.2) is 15.8 Å². The van der Waals surface area contributed by atoms with Gasteiger partial charge in [-0.25, -0.2) is 13.4 Å². The minimum absolute atomic E-state index is 0. The number of nitrogens with one attached hydrogen (secondary N) is 3. The van der Waals surface area contributed by atoms with Crippen molar-refractivity contribution in [1.29, 1.82) is 0 Å². The summed E-state index contributed by atoms with van der Waals surface area (Å²) in [5.74, 6) is 2.91. The lowest BCUT2D eigenvalue weighted by Gasteiger charge is -2.15. The van der Waals surface area contributed by atoms with Gasteiger partial charge in [-0.05, 0) is 31.5 Å². The van der Waals surface area contributed by atoms with Crippen LogP contribution in [-0.4, -0.2) is 50.9 Å². The second-order valence-electron chi connectivity index (χ2n) is 5.71. The van der Waals surface area contributed by atoms with Crippen molar-refractivity contribution < 1.29 is 13.2 Å². The van der Waals surface area contributed by atoms with Crippen LogP contribution in [0.4, 0.5) is 5.69 Å². The van der Waals surface area contributed by atoms with Crippen LogP contribution in [0.5, 0.6) is 0 Å². The molecule has 1 saturated heterocycles. The van der Waals surface area contributed by atoms with E-state index in [2.05, 4.69) is 26.9 Å². The molecular formula is C17H23IN4O3S. The Morgan fingerprint density at radius 2 is 2.19 bits per heavy atom. The maximum Gasteiger partial charge on any atom is 0.246 e. The predicted molar refractivity (Wildman–Crippen MR) is 115 cm³/mol. The molecule has 26 heavy (non-hydrogen) atoms. The summed E-state index contributed by atoms with van der Waals surface area (Å²) in [6.07, 6.45) is 5.87. The SMILES string of the molecule is C#Cc1cccc(NC(=O)CN=C(NCC)NC2CCS(=O)(=O)C2)c1.I. The van der Waals surface area contributed by atoms with E-state index in [0.717, 1.165) is 0 Å². The van der Waals surface area contributed by atoms with Crippen LogP contribution in [0.15, 0.2) is 29.3 Å². The molecule has 1 atom stereocenters. The van der Waals surface area contributed by atoms with Crippen molar-refractivity contribution in [3.8, 4) is 12.3 Å². The van der Waals surface area contributed by atoms with Crippen molar-refractivity contribution in [3.63, 3.8) is 0 Å². The van der Waals surface area contributed by atoms with Crippen molar-refractivity contribution >= 4 is 51.4 Å². The van der Waals surface area contributed by atoms with E-state index < -0.39 is 9.84 Å². The van der Waals surface area contributed by atoms with Gasteiger partial charge in [0.1, 0.15) is 6.54 Å². The van der Waals surface area contributed by atoms with Gasteiger partial charge in [0.25, 0.3) is 0 Å². The fourth-order valence-corrected chi connectivity index (χ4v) is 4.13. The Balaban J connectivity index is 0.00000338. The molecule has 0 saturated carbocycles. The van der Waals surface area contributed by atoms with E-state index in [1.807, 2.05) is 6.92 Å². The summed E-state index contributed by atoms with van der Waals surface area (Å²) in [6, 6.07) is 6.80. The predicted octanol–water partition coefficient (Wildman–Crippen LogP) is 0.967. The number of hydrogen-bond acceptors (Lipinski definition) is 4. The number of aliphatic imine (C=N–C) groups is 1. The van der Waals surface area contributed by atoms with Gasteiger partial charge in [0.2, 0.25) is 5.91 Å². The van der Waals surface area contributed by atoms with Gasteiger partial charge in [-0.1, -0.05) is 12.0 Å². The molecular weight excluding hydrogens is 467 g/mol. The molecule has 7 nitrogen and oxygen atoms in total. The Morgan fingerprint density at radius 3 is 2.81 bits per heavy atom. The second kappa shape index (κ2) is 10.4. The molecule has 0 aromatic heterocycles. The monoisotopic (exact) mass is 490 g/mol. The maximum atomic E-state index is 12.0. The van der Waals surface area contributed by atoms with Crippen LogP contribution in [0.3, 0.4) is 0 Å². The molecule has 1 aromatic rings. The molecule has 1 unspecified atom stereocenters. The molecule has 3 N–H and O–H groups in total. The van der Waals surface area contributed by atoms with E-state index in [1.165, 1.54) is 0 Å². The smallest absolute Gasteiger partial charge is 0.246 e. The normalized spacial score (nSPS) is 18.3. The topological polar surface area (TPSA) is 99.7 Å². The third kappa shape index (κ3) is 7.21.